The molecule has 1 amide bonds. The van der Waals surface area contributed by atoms with Crippen molar-refractivity contribution in [2.75, 3.05) is 31.5 Å². The van der Waals surface area contributed by atoms with Crippen molar-refractivity contribution in [3.05, 3.63) is 28.2 Å². The Morgan fingerprint density at radius 3 is 3.00 bits per heavy atom. The fourth-order valence-electron chi connectivity index (χ4n) is 2.89. The predicted octanol–water partition coefficient (Wildman–Crippen LogP) is 3.38. The van der Waals surface area contributed by atoms with E-state index in [1.807, 2.05) is 0 Å². The summed E-state index contributed by atoms with van der Waals surface area (Å²) in [4.78, 5) is 14.4. The van der Waals surface area contributed by atoms with E-state index in [0.717, 1.165) is 32.6 Å². The van der Waals surface area contributed by atoms with Crippen molar-refractivity contribution in [2.45, 2.75) is 25.7 Å². The van der Waals surface area contributed by atoms with E-state index in [0.29, 0.717) is 28.1 Å². The third-order valence-electron chi connectivity index (χ3n) is 4.04. The Labute approximate surface area is 141 Å². The number of nitrogens with one attached hydrogen (secondary N) is 1. The lowest BCUT2D eigenvalue weighted by molar-refractivity contribution is -0.116. The molecule has 22 heavy (non-hydrogen) atoms. The van der Waals surface area contributed by atoms with E-state index >= 15 is 0 Å². The number of piperidine rings is 1. The average Bonchev–Trinajstić information content (AvgIpc) is 2.50. The molecule has 1 aromatic rings. The average molecular weight is 344 g/mol. The van der Waals surface area contributed by atoms with E-state index in [9.17, 15) is 4.79 Å². The van der Waals surface area contributed by atoms with Crippen LogP contribution < -0.4 is 11.1 Å². The number of nitrogens with two attached hydrogens (primary N) is 1. The smallest absolute Gasteiger partial charge is 0.225 e. The maximum absolute atomic E-state index is 12.1. The van der Waals surface area contributed by atoms with Gasteiger partial charge in [-0.2, -0.15) is 0 Å². The number of hydrogen-bond donors (Lipinski definition) is 2. The van der Waals surface area contributed by atoms with Gasteiger partial charge in [0.05, 0.1) is 10.7 Å². The second-order valence-corrected chi connectivity index (χ2v) is 6.65. The van der Waals surface area contributed by atoms with Gasteiger partial charge in [-0.05, 0) is 56.5 Å². The summed E-state index contributed by atoms with van der Waals surface area (Å²) < 4.78 is 0. The normalized spacial score (nSPS) is 19.1. The zero-order chi connectivity index (χ0) is 15.9. The molecule has 1 aliphatic rings. The molecular formula is C16H23Cl2N3O. The first kappa shape index (κ1) is 17.5. The van der Waals surface area contributed by atoms with Crippen LogP contribution in [0.2, 0.25) is 10.0 Å². The van der Waals surface area contributed by atoms with Gasteiger partial charge in [0, 0.05) is 24.5 Å². The molecule has 1 aromatic carbocycles. The second kappa shape index (κ2) is 8.73. The highest BCUT2D eigenvalue weighted by Gasteiger charge is 2.19. The van der Waals surface area contributed by atoms with E-state index in [4.69, 9.17) is 28.9 Å². The number of benzene rings is 1. The third kappa shape index (κ3) is 5.43. The van der Waals surface area contributed by atoms with Gasteiger partial charge in [0.15, 0.2) is 0 Å². The van der Waals surface area contributed by atoms with Crippen LogP contribution >= 0.6 is 23.2 Å². The Bertz CT molecular complexity index is 508. The van der Waals surface area contributed by atoms with Crippen LogP contribution in [0.15, 0.2) is 18.2 Å². The first-order valence-electron chi connectivity index (χ1n) is 7.76. The van der Waals surface area contributed by atoms with Gasteiger partial charge < -0.3 is 16.0 Å². The molecule has 122 valence electrons. The number of carbonyl (C=O) groups excluding carboxylic acids is 1. The Morgan fingerprint density at radius 2 is 2.23 bits per heavy atom. The molecule has 0 spiro atoms. The third-order valence-corrected chi connectivity index (χ3v) is 4.60. The van der Waals surface area contributed by atoms with E-state index in [2.05, 4.69) is 10.2 Å². The van der Waals surface area contributed by atoms with Gasteiger partial charge in [0.2, 0.25) is 5.91 Å². The van der Waals surface area contributed by atoms with Crippen molar-refractivity contribution in [1.29, 1.82) is 0 Å². The minimum absolute atomic E-state index is 0.0369. The molecule has 3 N–H and O–H groups in total. The number of hydrogen-bond acceptors (Lipinski definition) is 3. The maximum Gasteiger partial charge on any atom is 0.225 e. The first-order chi connectivity index (χ1) is 10.6. The van der Waals surface area contributed by atoms with Gasteiger partial charge in [-0.3, -0.25) is 4.79 Å². The number of halogens is 2. The molecule has 0 bridgehead atoms. The summed E-state index contributed by atoms with van der Waals surface area (Å²) in [5.41, 5.74) is 6.20. The molecule has 4 nitrogen and oxygen atoms in total. The largest absolute Gasteiger partial charge is 0.330 e. The lowest BCUT2D eigenvalue weighted by Crippen LogP contribution is -2.37. The van der Waals surface area contributed by atoms with Crippen LogP contribution in [0.4, 0.5) is 5.69 Å². The monoisotopic (exact) mass is 343 g/mol. The molecular weight excluding hydrogens is 321 g/mol. The molecule has 1 heterocycles. The molecule has 1 saturated heterocycles. The van der Waals surface area contributed by atoms with E-state index in [1.54, 1.807) is 18.2 Å². The van der Waals surface area contributed by atoms with E-state index in [1.165, 1.54) is 12.8 Å². The number of amides is 1. The number of nitrogens with zero attached hydrogens (tertiary/aromatic N) is 1. The van der Waals surface area contributed by atoms with Crippen molar-refractivity contribution >= 4 is 34.8 Å². The van der Waals surface area contributed by atoms with Gasteiger partial charge in [-0.1, -0.05) is 23.2 Å². The van der Waals surface area contributed by atoms with Gasteiger partial charge in [-0.25, -0.2) is 0 Å². The molecule has 0 saturated carbocycles. The van der Waals surface area contributed by atoms with E-state index < -0.39 is 0 Å². The summed E-state index contributed by atoms with van der Waals surface area (Å²) in [5.74, 6) is 0.634. The standard InChI is InChI=1S/C16H23Cl2N3O/c17-13-3-4-14(18)15(10-13)20-16(22)6-9-21-8-1-2-12(11-21)5-7-19/h3-4,10,12H,1-2,5-9,11,19H2,(H,20,22). The summed E-state index contributed by atoms with van der Waals surface area (Å²) in [7, 11) is 0. The molecule has 1 fully saturated rings. The molecule has 6 heteroatoms. The Morgan fingerprint density at radius 1 is 1.41 bits per heavy atom. The van der Waals surface area contributed by atoms with E-state index in [-0.39, 0.29) is 5.91 Å². The lowest BCUT2D eigenvalue weighted by Gasteiger charge is -2.32. The Hall–Kier alpha value is -0.810. The maximum atomic E-state index is 12.1. The van der Waals surface area contributed by atoms with Crippen molar-refractivity contribution < 1.29 is 4.79 Å². The SMILES string of the molecule is NCCC1CCCN(CCC(=O)Nc2cc(Cl)ccc2Cl)C1. The number of anilines is 1. The van der Waals surface area contributed by atoms with Crippen molar-refractivity contribution in [2.24, 2.45) is 11.7 Å². The molecule has 1 unspecified atom stereocenters. The predicted molar refractivity (Wildman–Crippen MR) is 92.5 cm³/mol. The Balaban J connectivity index is 1.79. The molecule has 0 aliphatic carbocycles. The molecule has 1 atom stereocenters. The first-order valence-corrected chi connectivity index (χ1v) is 8.51. The summed E-state index contributed by atoms with van der Waals surface area (Å²) in [6.45, 7) is 3.62. The summed E-state index contributed by atoms with van der Waals surface area (Å²) in [5, 5.41) is 3.88. The highest BCUT2D eigenvalue weighted by atomic mass is 35.5. The van der Waals surface area contributed by atoms with Crippen molar-refractivity contribution in [3.8, 4) is 0 Å². The minimum Gasteiger partial charge on any atom is -0.330 e. The van der Waals surface area contributed by atoms with Crippen LogP contribution in [-0.2, 0) is 4.79 Å². The highest BCUT2D eigenvalue weighted by Crippen LogP contribution is 2.25. The fourth-order valence-corrected chi connectivity index (χ4v) is 3.23. The fraction of sp³-hybridized carbons (Fsp3) is 0.562. The number of carbonyl (C=O) groups is 1. The lowest BCUT2D eigenvalue weighted by atomic mass is 9.95. The van der Waals surface area contributed by atoms with Crippen LogP contribution in [0.1, 0.15) is 25.7 Å². The van der Waals surface area contributed by atoms with Crippen LogP contribution in [0, 0.1) is 5.92 Å². The highest BCUT2D eigenvalue weighted by molar-refractivity contribution is 6.35. The van der Waals surface area contributed by atoms with Crippen LogP contribution in [-0.4, -0.2) is 37.0 Å². The Kier molecular flexibility index (Phi) is 6.96. The summed E-state index contributed by atoms with van der Waals surface area (Å²) in [6.07, 6.45) is 3.96. The molecule has 0 aromatic heterocycles. The second-order valence-electron chi connectivity index (χ2n) is 5.81. The summed E-state index contributed by atoms with van der Waals surface area (Å²) >= 11 is 12.0. The van der Waals surface area contributed by atoms with Gasteiger partial charge in [0.1, 0.15) is 0 Å². The molecule has 2 rings (SSSR count). The number of likely N-dealkylation sites (tertiary alicyclic amines) is 1. The van der Waals surface area contributed by atoms with Crippen LogP contribution in [0.25, 0.3) is 0 Å². The topological polar surface area (TPSA) is 58.4 Å². The molecule has 1 aliphatic heterocycles. The summed E-state index contributed by atoms with van der Waals surface area (Å²) in [6, 6.07) is 5.05. The zero-order valence-corrected chi connectivity index (χ0v) is 14.2. The van der Waals surface area contributed by atoms with Gasteiger partial charge in [0.25, 0.3) is 0 Å². The molecule has 0 radical (unpaired) electrons. The number of rotatable bonds is 6. The van der Waals surface area contributed by atoms with Gasteiger partial charge >= 0.3 is 0 Å². The van der Waals surface area contributed by atoms with Crippen molar-refractivity contribution in [3.63, 3.8) is 0 Å². The zero-order valence-electron chi connectivity index (χ0n) is 12.7. The van der Waals surface area contributed by atoms with Gasteiger partial charge in [-0.15, -0.1) is 0 Å². The van der Waals surface area contributed by atoms with Crippen LogP contribution in [0.3, 0.4) is 0 Å². The minimum atomic E-state index is -0.0369. The van der Waals surface area contributed by atoms with Crippen molar-refractivity contribution in [1.82, 2.24) is 4.90 Å². The van der Waals surface area contributed by atoms with Crippen LogP contribution in [0.5, 0.6) is 0 Å². The quantitative estimate of drug-likeness (QED) is 0.832.